The first-order valence-electron chi connectivity index (χ1n) is 8.30. The van der Waals surface area contributed by atoms with Crippen molar-refractivity contribution in [2.24, 2.45) is 5.41 Å². The molecule has 0 aliphatic heterocycles. The van der Waals surface area contributed by atoms with E-state index in [2.05, 4.69) is 90.1 Å². The SMILES string of the molecule is CC(C)(C)[C]1C=CC(=C([S-])C(=S)c2ccc(C(C)(C)C)cc2)C=C1. The molecule has 1 aromatic rings. The van der Waals surface area contributed by atoms with Gasteiger partial charge in [0.25, 0.3) is 0 Å². The van der Waals surface area contributed by atoms with E-state index in [1.165, 1.54) is 11.5 Å². The van der Waals surface area contributed by atoms with Crippen LogP contribution in [0.25, 0.3) is 0 Å². The molecule has 0 unspecified atom stereocenters. The van der Waals surface area contributed by atoms with E-state index in [0.29, 0.717) is 0 Å². The lowest BCUT2D eigenvalue weighted by Crippen LogP contribution is -2.16. The number of thiocarbonyl (C=S) groups is 1. The van der Waals surface area contributed by atoms with Crippen molar-refractivity contribution in [3.05, 3.63) is 76.1 Å². The molecular weight excluding hydrogens is 328 g/mol. The topological polar surface area (TPSA) is 0 Å². The average Bonchev–Trinajstić information content (AvgIpc) is 2.52. The van der Waals surface area contributed by atoms with Gasteiger partial charge in [0.05, 0.1) is 0 Å². The van der Waals surface area contributed by atoms with Crippen molar-refractivity contribution >= 4 is 29.7 Å². The quantitative estimate of drug-likeness (QED) is 0.266. The number of allylic oxidation sites excluding steroid dienone is 6. The van der Waals surface area contributed by atoms with Gasteiger partial charge in [-0.05, 0) is 27.5 Å². The molecule has 1 aromatic carbocycles. The Hall–Kier alpha value is -1.25. The van der Waals surface area contributed by atoms with Crippen LogP contribution < -0.4 is 0 Å². The van der Waals surface area contributed by atoms with Crippen LogP contribution in [0.1, 0.15) is 52.7 Å². The van der Waals surface area contributed by atoms with Crippen LogP contribution in [-0.4, -0.2) is 4.86 Å². The fourth-order valence-electron chi connectivity index (χ4n) is 2.51. The van der Waals surface area contributed by atoms with Gasteiger partial charge >= 0.3 is 0 Å². The monoisotopic (exact) mass is 354 g/mol. The van der Waals surface area contributed by atoms with Gasteiger partial charge in [0.1, 0.15) is 0 Å². The van der Waals surface area contributed by atoms with Crippen molar-refractivity contribution in [3.63, 3.8) is 0 Å². The van der Waals surface area contributed by atoms with Crippen molar-refractivity contribution in [1.29, 1.82) is 0 Å². The van der Waals surface area contributed by atoms with E-state index in [1.54, 1.807) is 0 Å². The third-order valence-electron chi connectivity index (χ3n) is 4.23. The third-order valence-corrected chi connectivity index (χ3v) is 5.24. The average molecular weight is 355 g/mol. The lowest BCUT2D eigenvalue weighted by molar-refractivity contribution is 0.473. The van der Waals surface area contributed by atoms with Gasteiger partial charge in [-0.25, -0.2) is 0 Å². The zero-order chi connectivity index (χ0) is 18.1. The highest BCUT2D eigenvalue weighted by Crippen LogP contribution is 2.34. The van der Waals surface area contributed by atoms with E-state index < -0.39 is 0 Å². The molecule has 0 N–H and O–H groups in total. The molecule has 0 bridgehead atoms. The molecule has 2 heteroatoms. The number of benzene rings is 1. The summed E-state index contributed by atoms with van der Waals surface area (Å²) in [5.74, 6) is 1.30. The molecule has 0 saturated heterocycles. The highest BCUT2D eigenvalue weighted by Gasteiger charge is 2.22. The molecule has 0 aromatic heterocycles. The highest BCUT2D eigenvalue weighted by atomic mass is 32.1. The fraction of sp³-hybridized carbons (Fsp3) is 0.364. The van der Waals surface area contributed by atoms with Crippen LogP contribution in [0.4, 0.5) is 0 Å². The van der Waals surface area contributed by atoms with E-state index in [1.807, 2.05) is 0 Å². The van der Waals surface area contributed by atoms with Gasteiger partial charge in [-0.1, -0.05) is 102 Å². The Morgan fingerprint density at radius 2 is 1.29 bits per heavy atom. The van der Waals surface area contributed by atoms with Crippen molar-refractivity contribution in [3.8, 4) is 0 Å². The summed E-state index contributed by atoms with van der Waals surface area (Å²) in [6.45, 7) is 13.3. The van der Waals surface area contributed by atoms with Crippen LogP contribution in [0.3, 0.4) is 0 Å². The summed E-state index contributed by atoms with van der Waals surface area (Å²) >= 11 is 11.3. The Bertz CT molecular complexity index is 686. The van der Waals surface area contributed by atoms with Crippen LogP contribution in [0.2, 0.25) is 0 Å². The van der Waals surface area contributed by atoms with Crippen LogP contribution in [0.5, 0.6) is 0 Å². The molecule has 0 fully saturated rings. The summed E-state index contributed by atoms with van der Waals surface area (Å²) in [4.78, 5) is 1.49. The molecule has 1 aliphatic carbocycles. The predicted octanol–water partition coefficient (Wildman–Crippen LogP) is 6.25. The zero-order valence-corrected chi connectivity index (χ0v) is 17.1. The fourth-order valence-corrected chi connectivity index (χ4v) is 3.01. The maximum absolute atomic E-state index is 5.63. The van der Waals surface area contributed by atoms with E-state index in [9.17, 15) is 0 Å². The molecule has 0 atom stereocenters. The normalized spacial score (nSPS) is 15.7. The standard InChI is InChI=1S/C22H27S2/c1-21(2,3)17-11-7-15(8-12-17)19(23)20(24)16-9-13-18(14-10-16)22(4,5)6/h7-14,23H,1-6H3/p-1. The van der Waals surface area contributed by atoms with Gasteiger partial charge in [0.2, 0.25) is 0 Å². The second-order valence-electron chi connectivity index (χ2n) is 8.31. The molecular formula is C22H26S2-. The number of rotatable bonds is 2. The molecule has 1 radical (unpaired) electrons. The maximum atomic E-state index is 5.63. The van der Waals surface area contributed by atoms with E-state index >= 15 is 0 Å². The number of hydrogen-bond acceptors (Lipinski definition) is 2. The van der Waals surface area contributed by atoms with Gasteiger partial charge in [-0.15, -0.1) is 4.91 Å². The van der Waals surface area contributed by atoms with E-state index in [4.69, 9.17) is 24.8 Å². The minimum Gasteiger partial charge on any atom is -0.778 e. The smallest absolute Gasteiger partial charge is 0.0264 e. The summed E-state index contributed by atoms with van der Waals surface area (Å²) in [5.41, 5.74) is 3.62. The minimum absolute atomic E-state index is 0.142. The van der Waals surface area contributed by atoms with Gasteiger partial charge < -0.3 is 12.6 Å². The summed E-state index contributed by atoms with van der Waals surface area (Å²) < 4.78 is 0. The van der Waals surface area contributed by atoms with Crippen LogP contribution in [0.15, 0.2) is 59.0 Å². The van der Waals surface area contributed by atoms with Gasteiger partial charge in [0, 0.05) is 10.8 Å². The minimum atomic E-state index is 0.142. The Morgan fingerprint density at radius 3 is 1.71 bits per heavy atom. The third kappa shape index (κ3) is 4.43. The first kappa shape index (κ1) is 19.1. The predicted molar refractivity (Wildman–Crippen MR) is 112 cm³/mol. The molecule has 0 nitrogen and oxygen atoms in total. The summed E-state index contributed by atoms with van der Waals surface area (Å²) in [6, 6.07) is 8.46. The number of hydrogen-bond donors (Lipinski definition) is 0. The summed E-state index contributed by atoms with van der Waals surface area (Å²) in [7, 11) is 0. The van der Waals surface area contributed by atoms with Gasteiger partial charge in [-0.2, -0.15) is 0 Å². The molecule has 0 spiro atoms. The molecule has 0 heterocycles. The lowest BCUT2D eigenvalue weighted by atomic mass is 9.78. The summed E-state index contributed by atoms with van der Waals surface area (Å²) in [6.07, 6.45) is 8.46. The van der Waals surface area contributed by atoms with E-state index in [-0.39, 0.29) is 10.8 Å². The Morgan fingerprint density at radius 1 is 0.792 bits per heavy atom. The van der Waals surface area contributed by atoms with Crippen LogP contribution in [0, 0.1) is 11.3 Å². The molecule has 24 heavy (non-hydrogen) atoms. The first-order valence-corrected chi connectivity index (χ1v) is 9.12. The highest BCUT2D eigenvalue weighted by molar-refractivity contribution is 7.83. The molecule has 127 valence electrons. The molecule has 1 aliphatic rings. The van der Waals surface area contributed by atoms with Crippen LogP contribution >= 0.6 is 12.2 Å². The van der Waals surface area contributed by atoms with Crippen molar-refractivity contribution in [2.75, 3.05) is 0 Å². The van der Waals surface area contributed by atoms with Gasteiger partial charge in [-0.3, -0.25) is 0 Å². The second kappa shape index (κ2) is 6.93. The summed E-state index contributed by atoms with van der Waals surface area (Å²) in [5, 5.41) is 0. The second-order valence-corrected chi connectivity index (χ2v) is 9.13. The first-order chi connectivity index (χ1) is 11.0. The maximum Gasteiger partial charge on any atom is 0.0264 e. The Labute approximate surface area is 158 Å². The largest absolute Gasteiger partial charge is 0.778 e. The van der Waals surface area contributed by atoms with Crippen molar-refractivity contribution in [1.82, 2.24) is 0 Å². The van der Waals surface area contributed by atoms with Crippen LogP contribution in [-0.2, 0) is 18.0 Å². The zero-order valence-electron chi connectivity index (χ0n) is 15.4. The Balaban J connectivity index is 2.23. The lowest BCUT2D eigenvalue weighted by Gasteiger charge is -2.28. The van der Waals surface area contributed by atoms with Crippen molar-refractivity contribution < 1.29 is 0 Å². The molecule has 2 rings (SSSR count). The van der Waals surface area contributed by atoms with E-state index in [0.717, 1.165) is 20.9 Å². The van der Waals surface area contributed by atoms with Crippen molar-refractivity contribution in [2.45, 2.75) is 47.0 Å². The van der Waals surface area contributed by atoms with Gasteiger partial charge in [0.15, 0.2) is 0 Å². The molecule has 0 amide bonds. The molecule has 0 saturated carbocycles. The Kier molecular flexibility index (Phi) is 5.51.